The Morgan fingerprint density at radius 3 is 2.33 bits per heavy atom. The highest BCUT2D eigenvalue weighted by molar-refractivity contribution is 6.35. The first kappa shape index (κ1) is 21.1. The Morgan fingerprint density at radius 2 is 1.71 bits per heavy atom. The fourth-order valence-electron chi connectivity index (χ4n) is 2.43. The Hall–Kier alpha value is -0.930. The lowest BCUT2D eigenvalue weighted by Gasteiger charge is -2.15. The molecule has 0 spiro atoms. The van der Waals surface area contributed by atoms with Gasteiger partial charge in [0, 0.05) is 11.6 Å². The van der Waals surface area contributed by atoms with Gasteiger partial charge in [0.2, 0.25) is 0 Å². The van der Waals surface area contributed by atoms with Crippen molar-refractivity contribution in [1.82, 2.24) is 5.32 Å². The van der Waals surface area contributed by atoms with Crippen LogP contribution in [0.1, 0.15) is 65.2 Å². The Kier molecular flexibility index (Phi) is 10.9. The predicted molar refractivity (Wildman–Crippen MR) is 102 cm³/mol. The molecule has 1 atom stereocenters. The summed E-state index contributed by atoms with van der Waals surface area (Å²) in [5.74, 6) is 0.347. The van der Waals surface area contributed by atoms with Crippen molar-refractivity contribution >= 4 is 29.1 Å². The molecule has 0 heterocycles. The fraction of sp³-hybridized carbons (Fsp3) is 0.632. The van der Waals surface area contributed by atoms with Gasteiger partial charge in [0.25, 0.3) is 5.91 Å². The van der Waals surface area contributed by atoms with Gasteiger partial charge < -0.3 is 10.1 Å². The second-order valence-electron chi connectivity index (χ2n) is 6.10. The summed E-state index contributed by atoms with van der Waals surface area (Å²) in [4.78, 5) is 12.0. The lowest BCUT2D eigenvalue weighted by molar-refractivity contribution is -0.127. The molecule has 0 fully saturated rings. The molecular formula is C19H29Cl2NO2. The maximum Gasteiger partial charge on any atom is 0.260 e. The van der Waals surface area contributed by atoms with Crippen molar-refractivity contribution in [2.24, 2.45) is 0 Å². The minimum atomic E-state index is -0.585. The summed E-state index contributed by atoms with van der Waals surface area (Å²) in [5.41, 5.74) is 0. The summed E-state index contributed by atoms with van der Waals surface area (Å²) < 4.78 is 5.59. The van der Waals surface area contributed by atoms with Crippen molar-refractivity contribution in [3.63, 3.8) is 0 Å². The lowest BCUT2D eigenvalue weighted by Crippen LogP contribution is -2.36. The normalized spacial score (nSPS) is 12.0. The van der Waals surface area contributed by atoms with Crippen LogP contribution in [0.15, 0.2) is 18.2 Å². The molecule has 1 N–H and O–H groups in total. The SMILES string of the molecule is CCCCCCCCCCNC(=O)C(C)Oc1ccc(Cl)cc1Cl. The molecule has 136 valence electrons. The molecule has 0 saturated carbocycles. The maximum absolute atomic E-state index is 12.0. The first-order chi connectivity index (χ1) is 11.5. The number of rotatable bonds is 12. The van der Waals surface area contributed by atoms with Crippen LogP contribution in [0.2, 0.25) is 10.0 Å². The second kappa shape index (κ2) is 12.4. The first-order valence-corrected chi connectivity index (χ1v) is 9.69. The van der Waals surface area contributed by atoms with E-state index in [1.807, 2.05) is 0 Å². The molecule has 0 saturated heterocycles. The molecule has 0 aliphatic rings. The van der Waals surface area contributed by atoms with Crippen molar-refractivity contribution in [1.29, 1.82) is 0 Å². The standard InChI is InChI=1S/C19H29Cl2NO2/c1-3-4-5-6-7-8-9-10-13-22-19(23)15(2)24-18-12-11-16(20)14-17(18)21/h11-12,14-15H,3-10,13H2,1-2H3,(H,22,23). The quantitative estimate of drug-likeness (QED) is 0.455. The second-order valence-corrected chi connectivity index (χ2v) is 6.94. The highest BCUT2D eigenvalue weighted by atomic mass is 35.5. The first-order valence-electron chi connectivity index (χ1n) is 8.94. The minimum absolute atomic E-state index is 0.121. The van der Waals surface area contributed by atoms with Gasteiger partial charge in [-0.25, -0.2) is 0 Å². The molecule has 0 aromatic heterocycles. The number of hydrogen-bond donors (Lipinski definition) is 1. The largest absolute Gasteiger partial charge is 0.479 e. The predicted octanol–water partition coefficient (Wildman–Crippen LogP) is 6.02. The third-order valence-electron chi connectivity index (χ3n) is 3.90. The van der Waals surface area contributed by atoms with Gasteiger partial charge in [0.15, 0.2) is 6.10 Å². The number of carbonyl (C=O) groups excluding carboxylic acids is 1. The molecule has 1 unspecified atom stereocenters. The summed E-state index contributed by atoms with van der Waals surface area (Å²) in [5, 5.41) is 3.86. The zero-order valence-corrected chi connectivity index (χ0v) is 16.3. The molecule has 3 nitrogen and oxygen atoms in total. The number of benzene rings is 1. The van der Waals surface area contributed by atoms with Crippen molar-refractivity contribution in [3.05, 3.63) is 28.2 Å². The van der Waals surface area contributed by atoms with Crippen molar-refractivity contribution in [2.75, 3.05) is 6.54 Å². The van der Waals surface area contributed by atoms with E-state index in [-0.39, 0.29) is 5.91 Å². The summed E-state index contributed by atoms with van der Waals surface area (Å²) in [7, 11) is 0. The average molecular weight is 374 g/mol. The Labute approximate surface area is 156 Å². The van der Waals surface area contributed by atoms with Crippen LogP contribution in [0.25, 0.3) is 0 Å². The van der Waals surface area contributed by atoms with Crippen LogP contribution in [0.5, 0.6) is 5.75 Å². The smallest absolute Gasteiger partial charge is 0.260 e. The number of hydrogen-bond acceptors (Lipinski definition) is 2. The van der Waals surface area contributed by atoms with Gasteiger partial charge in [-0.2, -0.15) is 0 Å². The monoisotopic (exact) mass is 373 g/mol. The van der Waals surface area contributed by atoms with Crippen molar-refractivity contribution in [3.8, 4) is 5.75 Å². The minimum Gasteiger partial charge on any atom is -0.479 e. The number of nitrogens with one attached hydrogen (secondary N) is 1. The molecule has 0 aliphatic carbocycles. The van der Waals surface area contributed by atoms with Crippen LogP contribution in [0, 0.1) is 0 Å². The highest BCUT2D eigenvalue weighted by Crippen LogP contribution is 2.28. The van der Waals surface area contributed by atoms with Crippen LogP contribution in [0.3, 0.4) is 0 Å². The van der Waals surface area contributed by atoms with Gasteiger partial charge >= 0.3 is 0 Å². The molecule has 1 amide bonds. The van der Waals surface area contributed by atoms with E-state index < -0.39 is 6.10 Å². The maximum atomic E-state index is 12.0. The third kappa shape index (κ3) is 8.79. The van der Waals surface area contributed by atoms with E-state index >= 15 is 0 Å². The van der Waals surface area contributed by atoms with E-state index in [4.69, 9.17) is 27.9 Å². The van der Waals surface area contributed by atoms with E-state index in [0.29, 0.717) is 22.3 Å². The van der Waals surface area contributed by atoms with Gasteiger partial charge in [-0.15, -0.1) is 0 Å². The summed E-state index contributed by atoms with van der Waals surface area (Å²) in [6, 6.07) is 4.96. The van der Waals surface area contributed by atoms with Crippen molar-refractivity contribution in [2.45, 2.75) is 71.3 Å². The Bertz CT molecular complexity index is 494. The Morgan fingerprint density at radius 1 is 1.08 bits per heavy atom. The van der Waals surface area contributed by atoms with Crippen LogP contribution in [-0.4, -0.2) is 18.6 Å². The lowest BCUT2D eigenvalue weighted by atomic mass is 10.1. The van der Waals surface area contributed by atoms with E-state index in [2.05, 4.69) is 12.2 Å². The number of amides is 1. The summed E-state index contributed by atoms with van der Waals surface area (Å²) in [6.07, 6.45) is 9.41. The van der Waals surface area contributed by atoms with Gasteiger partial charge in [0.05, 0.1) is 5.02 Å². The molecule has 5 heteroatoms. The topological polar surface area (TPSA) is 38.3 Å². The number of halogens is 2. The van der Waals surface area contributed by atoms with E-state index in [1.54, 1.807) is 25.1 Å². The number of unbranched alkanes of at least 4 members (excludes halogenated alkanes) is 7. The number of ether oxygens (including phenoxy) is 1. The Balaban J connectivity index is 2.14. The van der Waals surface area contributed by atoms with Gasteiger partial charge in [-0.3, -0.25) is 4.79 Å². The third-order valence-corrected chi connectivity index (χ3v) is 4.43. The zero-order valence-electron chi connectivity index (χ0n) is 14.7. The zero-order chi connectivity index (χ0) is 17.8. The van der Waals surface area contributed by atoms with E-state index in [0.717, 1.165) is 12.8 Å². The van der Waals surface area contributed by atoms with E-state index in [1.165, 1.54) is 38.5 Å². The van der Waals surface area contributed by atoms with E-state index in [9.17, 15) is 4.79 Å². The molecule has 1 aromatic carbocycles. The highest BCUT2D eigenvalue weighted by Gasteiger charge is 2.15. The fourth-order valence-corrected chi connectivity index (χ4v) is 2.88. The molecule has 24 heavy (non-hydrogen) atoms. The summed E-state index contributed by atoms with van der Waals surface area (Å²) in [6.45, 7) is 4.64. The van der Waals surface area contributed by atoms with Crippen LogP contribution in [0.4, 0.5) is 0 Å². The molecule has 0 radical (unpaired) electrons. The molecule has 0 bridgehead atoms. The van der Waals surface area contributed by atoms with Gasteiger partial charge in [0.1, 0.15) is 5.75 Å². The van der Waals surface area contributed by atoms with Crippen molar-refractivity contribution < 1.29 is 9.53 Å². The number of carbonyl (C=O) groups is 1. The van der Waals surface area contributed by atoms with Crippen LogP contribution in [-0.2, 0) is 4.79 Å². The molecule has 1 rings (SSSR count). The van der Waals surface area contributed by atoms with Crippen LogP contribution >= 0.6 is 23.2 Å². The van der Waals surface area contributed by atoms with Gasteiger partial charge in [-0.05, 0) is 31.5 Å². The average Bonchev–Trinajstić information content (AvgIpc) is 2.55. The van der Waals surface area contributed by atoms with Gasteiger partial charge in [-0.1, -0.05) is 75.1 Å². The molecule has 1 aromatic rings. The molecule has 0 aliphatic heterocycles. The van der Waals surface area contributed by atoms with Crippen LogP contribution < -0.4 is 10.1 Å². The molecular weight excluding hydrogens is 345 g/mol. The summed E-state index contributed by atoms with van der Waals surface area (Å²) >= 11 is 11.9.